The molecule has 0 bridgehead atoms. The molecular formula is C23H30N2O6S. The molecule has 0 atom stereocenters. The standard InChI is InChI=1S/C23H30N2O6S/c1-4-30-16-18-14-17(8-10-20(18)29-3)23(26)24-19-9-11-21(31-5-2)22(15-19)32(27,28)25-12-6-7-13-25/h8-11,14-15H,4-7,12-13,16H2,1-3H3,(H,24,26). The number of sulfonamides is 1. The molecule has 1 saturated heterocycles. The number of carbonyl (C=O) groups is 1. The molecular weight excluding hydrogens is 432 g/mol. The van der Waals surface area contributed by atoms with E-state index in [-0.39, 0.29) is 16.6 Å². The maximum Gasteiger partial charge on any atom is 0.255 e. The van der Waals surface area contributed by atoms with Crippen LogP contribution in [0, 0.1) is 0 Å². The van der Waals surface area contributed by atoms with Gasteiger partial charge in [0, 0.05) is 36.5 Å². The molecule has 0 spiro atoms. The third-order valence-electron chi connectivity index (χ3n) is 5.19. The highest BCUT2D eigenvalue weighted by Gasteiger charge is 2.30. The summed E-state index contributed by atoms with van der Waals surface area (Å²) < 4.78 is 44.1. The molecule has 3 rings (SSSR count). The molecule has 1 fully saturated rings. The first kappa shape index (κ1) is 24.0. The van der Waals surface area contributed by atoms with Gasteiger partial charge in [0.05, 0.1) is 20.3 Å². The molecule has 0 aromatic heterocycles. The number of anilines is 1. The molecule has 9 heteroatoms. The number of benzene rings is 2. The van der Waals surface area contributed by atoms with E-state index in [2.05, 4.69) is 5.32 Å². The van der Waals surface area contributed by atoms with Crippen LogP contribution in [0.2, 0.25) is 0 Å². The number of carbonyl (C=O) groups excluding carboxylic acids is 1. The second-order valence-corrected chi connectivity index (χ2v) is 9.23. The largest absolute Gasteiger partial charge is 0.496 e. The van der Waals surface area contributed by atoms with Crippen molar-refractivity contribution in [2.75, 3.05) is 38.7 Å². The van der Waals surface area contributed by atoms with Gasteiger partial charge in [-0.15, -0.1) is 0 Å². The first-order valence-corrected chi connectivity index (χ1v) is 12.2. The van der Waals surface area contributed by atoms with Gasteiger partial charge >= 0.3 is 0 Å². The Morgan fingerprint density at radius 3 is 2.41 bits per heavy atom. The smallest absolute Gasteiger partial charge is 0.255 e. The fraction of sp³-hybridized carbons (Fsp3) is 0.435. The van der Waals surface area contributed by atoms with Gasteiger partial charge in [-0.3, -0.25) is 4.79 Å². The van der Waals surface area contributed by atoms with E-state index in [4.69, 9.17) is 14.2 Å². The fourth-order valence-electron chi connectivity index (χ4n) is 3.58. The SMILES string of the molecule is CCOCc1cc(C(=O)Nc2ccc(OCC)c(S(=O)(=O)N3CCCC3)c2)ccc1OC. The Bertz CT molecular complexity index is 1050. The Morgan fingerprint density at radius 1 is 1.03 bits per heavy atom. The monoisotopic (exact) mass is 462 g/mol. The normalized spacial score (nSPS) is 14.3. The molecule has 1 aliphatic rings. The second-order valence-electron chi connectivity index (χ2n) is 7.32. The van der Waals surface area contributed by atoms with E-state index >= 15 is 0 Å². The molecule has 0 unspecified atom stereocenters. The lowest BCUT2D eigenvalue weighted by Gasteiger charge is -2.19. The molecule has 0 aliphatic carbocycles. The summed E-state index contributed by atoms with van der Waals surface area (Å²) in [5, 5.41) is 2.79. The van der Waals surface area contributed by atoms with Crippen LogP contribution in [0.3, 0.4) is 0 Å². The third kappa shape index (κ3) is 5.40. The summed E-state index contributed by atoms with van der Waals surface area (Å²) in [5.74, 6) is 0.551. The number of nitrogens with one attached hydrogen (secondary N) is 1. The molecule has 2 aromatic rings. The average molecular weight is 463 g/mol. The minimum Gasteiger partial charge on any atom is -0.496 e. The highest BCUT2D eigenvalue weighted by molar-refractivity contribution is 7.89. The van der Waals surface area contributed by atoms with Gasteiger partial charge in [0.2, 0.25) is 10.0 Å². The van der Waals surface area contributed by atoms with Gasteiger partial charge in [0.1, 0.15) is 16.4 Å². The minimum absolute atomic E-state index is 0.0609. The van der Waals surface area contributed by atoms with Crippen molar-refractivity contribution >= 4 is 21.6 Å². The second kappa shape index (κ2) is 10.8. The van der Waals surface area contributed by atoms with Gasteiger partial charge in [-0.2, -0.15) is 4.31 Å². The summed E-state index contributed by atoms with van der Waals surface area (Å²) in [4.78, 5) is 12.9. The summed E-state index contributed by atoms with van der Waals surface area (Å²) in [7, 11) is -2.15. The van der Waals surface area contributed by atoms with Gasteiger partial charge in [0.15, 0.2) is 0 Å². The summed E-state index contributed by atoms with van der Waals surface area (Å²) in [5.41, 5.74) is 1.54. The van der Waals surface area contributed by atoms with Crippen LogP contribution in [-0.4, -0.2) is 52.0 Å². The maximum absolute atomic E-state index is 13.2. The molecule has 8 nitrogen and oxygen atoms in total. The van der Waals surface area contributed by atoms with Crippen molar-refractivity contribution in [3.63, 3.8) is 0 Å². The molecule has 1 heterocycles. The van der Waals surface area contributed by atoms with Gasteiger partial charge in [-0.1, -0.05) is 0 Å². The first-order chi connectivity index (χ1) is 15.4. The Kier molecular flexibility index (Phi) is 8.11. The maximum atomic E-state index is 13.2. The lowest BCUT2D eigenvalue weighted by Crippen LogP contribution is -2.28. The van der Waals surface area contributed by atoms with E-state index in [0.717, 1.165) is 18.4 Å². The zero-order valence-electron chi connectivity index (χ0n) is 18.7. The van der Waals surface area contributed by atoms with Crippen molar-refractivity contribution < 1.29 is 27.4 Å². The number of amides is 1. The highest BCUT2D eigenvalue weighted by Crippen LogP contribution is 2.32. The van der Waals surface area contributed by atoms with Crippen molar-refractivity contribution in [1.29, 1.82) is 0 Å². The summed E-state index contributed by atoms with van der Waals surface area (Å²) in [6.07, 6.45) is 1.67. The molecule has 174 valence electrons. The minimum atomic E-state index is -3.72. The van der Waals surface area contributed by atoms with E-state index in [1.165, 1.54) is 10.4 Å². The number of ether oxygens (including phenoxy) is 3. The van der Waals surface area contributed by atoms with Gasteiger partial charge in [-0.25, -0.2) is 8.42 Å². The molecule has 2 aromatic carbocycles. The van der Waals surface area contributed by atoms with Crippen molar-refractivity contribution in [1.82, 2.24) is 4.31 Å². The van der Waals surface area contributed by atoms with E-state index < -0.39 is 10.0 Å². The van der Waals surface area contributed by atoms with Crippen LogP contribution < -0.4 is 14.8 Å². The van der Waals surface area contributed by atoms with Gasteiger partial charge < -0.3 is 19.5 Å². The Balaban J connectivity index is 1.88. The molecule has 0 radical (unpaired) electrons. The average Bonchev–Trinajstić information content (AvgIpc) is 3.34. The van der Waals surface area contributed by atoms with Crippen LogP contribution in [0.25, 0.3) is 0 Å². The van der Waals surface area contributed by atoms with Crippen molar-refractivity contribution in [3.8, 4) is 11.5 Å². The number of rotatable bonds is 10. The van der Waals surface area contributed by atoms with Crippen LogP contribution in [0.1, 0.15) is 42.6 Å². The summed E-state index contributed by atoms with van der Waals surface area (Å²) in [6, 6.07) is 9.75. The fourth-order valence-corrected chi connectivity index (χ4v) is 5.25. The zero-order chi connectivity index (χ0) is 23.1. The van der Waals surface area contributed by atoms with Crippen LogP contribution in [0.15, 0.2) is 41.3 Å². The lowest BCUT2D eigenvalue weighted by atomic mass is 10.1. The number of hydrogen-bond acceptors (Lipinski definition) is 6. The van der Waals surface area contributed by atoms with Crippen LogP contribution in [-0.2, 0) is 21.4 Å². The quantitative estimate of drug-likeness (QED) is 0.579. The van der Waals surface area contributed by atoms with Gasteiger partial charge in [0.25, 0.3) is 5.91 Å². The van der Waals surface area contributed by atoms with E-state index in [1.807, 2.05) is 6.92 Å². The van der Waals surface area contributed by atoms with E-state index in [0.29, 0.717) is 49.9 Å². The molecule has 0 saturated carbocycles. The summed E-state index contributed by atoms with van der Waals surface area (Å²) in [6.45, 7) is 5.86. The Labute approximate surface area is 189 Å². The van der Waals surface area contributed by atoms with Crippen molar-refractivity contribution in [2.24, 2.45) is 0 Å². The van der Waals surface area contributed by atoms with Crippen molar-refractivity contribution in [3.05, 3.63) is 47.5 Å². The Morgan fingerprint density at radius 2 is 1.75 bits per heavy atom. The number of nitrogens with zero attached hydrogens (tertiary/aromatic N) is 1. The van der Waals surface area contributed by atoms with E-state index in [9.17, 15) is 13.2 Å². The highest BCUT2D eigenvalue weighted by atomic mass is 32.2. The van der Waals surface area contributed by atoms with Crippen molar-refractivity contribution in [2.45, 2.75) is 38.2 Å². The van der Waals surface area contributed by atoms with Gasteiger partial charge in [-0.05, 0) is 63.1 Å². The molecule has 1 N–H and O–H groups in total. The summed E-state index contributed by atoms with van der Waals surface area (Å²) >= 11 is 0. The van der Waals surface area contributed by atoms with E-state index in [1.54, 1.807) is 44.4 Å². The predicted octanol–water partition coefficient (Wildman–Crippen LogP) is 3.67. The zero-order valence-corrected chi connectivity index (χ0v) is 19.5. The topological polar surface area (TPSA) is 94.2 Å². The third-order valence-corrected chi connectivity index (χ3v) is 7.11. The van der Waals surface area contributed by atoms with Crippen LogP contribution in [0.4, 0.5) is 5.69 Å². The lowest BCUT2D eigenvalue weighted by molar-refractivity contribution is 0.102. The number of methoxy groups -OCH3 is 1. The molecule has 1 amide bonds. The van der Waals surface area contributed by atoms with Crippen LogP contribution >= 0.6 is 0 Å². The van der Waals surface area contributed by atoms with Crippen LogP contribution in [0.5, 0.6) is 11.5 Å². The molecule has 1 aliphatic heterocycles. The molecule has 32 heavy (non-hydrogen) atoms. The number of hydrogen-bond donors (Lipinski definition) is 1. The predicted molar refractivity (Wildman–Crippen MR) is 122 cm³/mol. The first-order valence-electron chi connectivity index (χ1n) is 10.7. The Hall–Kier alpha value is -2.62.